The summed E-state index contributed by atoms with van der Waals surface area (Å²) in [6.45, 7) is 6.99. The lowest BCUT2D eigenvalue weighted by atomic mass is 9.89. The van der Waals surface area contributed by atoms with Gasteiger partial charge in [0.15, 0.2) is 0 Å². The molecule has 5 rings (SSSR count). The molecule has 174 valence electrons. The van der Waals surface area contributed by atoms with Crippen LogP contribution < -0.4 is 31.8 Å². The van der Waals surface area contributed by atoms with Crippen LogP contribution in [0.4, 0.5) is 0 Å². The Morgan fingerprint density at radius 2 is 0.686 bits per heavy atom. The molecular weight excluding hydrogens is 458 g/mol. The summed E-state index contributed by atoms with van der Waals surface area (Å²) >= 11 is 0. The van der Waals surface area contributed by atoms with Gasteiger partial charge >= 0.3 is 0 Å². The highest BCUT2D eigenvalue weighted by Crippen LogP contribution is 2.41. The van der Waals surface area contributed by atoms with Gasteiger partial charge < -0.3 is 0 Å². The van der Waals surface area contributed by atoms with Crippen LogP contribution in [0, 0.1) is 0 Å². The first-order chi connectivity index (χ1) is 17.0. The molecule has 0 unspecified atom stereocenters. The molecular formula is C33H31P2-. The molecule has 0 aromatic heterocycles. The van der Waals surface area contributed by atoms with E-state index in [-0.39, 0.29) is 5.41 Å². The molecule has 0 fully saturated rings. The van der Waals surface area contributed by atoms with Crippen molar-refractivity contribution in [1.29, 1.82) is 0 Å². The van der Waals surface area contributed by atoms with Crippen molar-refractivity contribution >= 4 is 47.7 Å². The van der Waals surface area contributed by atoms with Crippen LogP contribution >= 0.6 is 15.8 Å². The van der Waals surface area contributed by atoms with Gasteiger partial charge in [0.1, 0.15) is 0 Å². The van der Waals surface area contributed by atoms with E-state index in [1.165, 1.54) is 37.4 Å². The fourth-order valence-electron chi connectivity index (χ4n) is 4.44. The third kappa shape index (κ3) is 5.21. The normalized spacial score (nSPS) is 11.8. The molecule has 0 aliphatic carbocycles. The predicted molar refractivity (Wildman–Crippen MR) is 158 cm³/mol. The zero-order valence-electron chi connectivity index (χ0n) is 20.6. The summed E-state index contributed by atoms with van der Waals surface area (Å²) < 4.78 is 0. The molecule has 0 aliphatic rings. The highest BCUT2D eigenvalue weighted by atomic mass is 31.1. The second kappa shape index (κ2) is 10.4. The molecule has 0 saturated carbocycles. The highest BCUT2D eigenvalue weighted by Gasteiger charge is 2.22. The first kappa shape index (κ1) is 23.8. The van der Waals surface area contributed by atoms with Crippen LogP contribution in [0.1, 0.15) is 26.3 Å². The van der Waals surface area contributed by atoms with Gasteiger partial charge in [0.2, 0.25) is 0 Å². The lowest BCUT2D eigenvalue weighted by Crippen LogP contribution is -2.32. The summed E-state index contributed by atoms with van der Waals surface area (Å²) in [6.07, 6.45) is 0. The zero-order valence-corrected chi connectivity index (χ0v) is 22.4. The maximum atomic E-state index is 2.52. The molecule has 5 aromatic rings. The molecule has 5 aromatic carbocycles. The van der Waals surface area contributed by atoms with Crippen LogP contribution in [0.5, 0.6) is 0 Å². The van der Waals surface area contributed by atoms with Crippen molar-refractivity contribution in [2.45, 2.75) is 26.2 Å². The van der Waals surface area contributed by atoms with Crippen molar-refractivity contribution in [3.8, 4) is 0 Å². The van der Waals surface area contributed by atoms with Gasteiger partial charge in [-0.3, -0.25) is 0 Å². The van der Waals surface area contributed by atoms with E-state index in [4.69, 9.17) is 0 Å². The quantitative estimate of drug-likeness (QED) is 0.196. The highest BCUT2D eigenvalue weighted by molar-refractivity contribution is 7.85. The summed E-state index contributed by atoms with van der Waals surface area (Å²) in [5.41, 5.74) is 1.50. The summed E-state index contributed by atoms with van der Waals surface area (Å²) in [6, 6.07) is 49.4. The minimum Gasteiger partial charge on any atom is -0.171 e. The molecule has 0 spiro atoms. The van der Waals surface area contributed by atoms with Crippen molar-refractivity contribution in [3.05, 3.63) is 139 Å². The molecule has 0 atom stereocenters. The third-order valence-electron chi connectivity index (χ3n) is 6.25. The van der Waals surface area contributed by atoms with E-state index < -0.39 is 15.8 Å². The first-order valence-electron chi connectivity index (χ1n) is 12.1. The van der Waals surface area contributed by atoms with E-state index >= 15 is 0 Å². The van der Waals surface area contributed by atoms with Crippen molar-refractivity contribution in [2.24, 2.45) is 0 Å². The summed E-state index contributed by atoms with van der Waals surface area (Å²) in [5, 5.41) is 8.57. The van der Waals surface area contributed by atoms with Crippen molar-refractivity contribution in [3.63, 3.8) is 0 Å². The summed E-state index contributed by atoms with van der Waals surface area (Å²) in [7, 11) is -1.38. The van der Waals surface area contributed by atoms with Crippen molar-refractivity contribution < 1.29 is 0 Å². The van der Waals surface area contributed by atoms with Crippen LogP contribution in [-0.2, 0) is 5.41 Å². The first-order valence-corrected chi connectivity index (χ1v) is 14.8. The van der Waals surface area contributed by atoms with Gasteiger partial charge in [0.25, 0.3) is 0 Å². The molecule has 2 heteroatoms. The molecule has 0 N–H and O–H groups in total. The maximum Gasteiger partial charge on any atom is -0.0278 e. The molecule has 0 radical (unpaired) electrons. The minimum atomic E-state index is -0.690. The zero-order chi connectivity index (χ0) is 24.3. The van der Waals surface area contributed by atoms with E-state index in [1.54, 1.807) is 0 Å². The molecule has 0 aliphatic heterocycles. The Bertz CT molecular complexity index is 1170. The summed E-state index contributed by atoms with van der Waals surface area (Å²) in [5.74, 6) is 0. The Morgan fingerprint density at radius 1 is 0.429 bits per heavy atom. The van der Waals surface area contributed by atoms with Gasteiger partial charge in [0, 0.05) is 0 Å². The van der Waals surface area contributed by atoms with E-state index in [9.17, 15) is 0 Å². The Balaban J connectivity index is 1.80. The minimum absolute atomic E-state index is 0.0791. The third-order valence-corrected chi connectivity index (χ3v) is 11.4. The number of benzene rings is 4. The summed E-state index contributed by atoms with van der Waals surface area (Å²) in [4.78, 5) is 0. The predicted octanol–water partition coefficient (Wildman–Crippen LogP) is 6.22. The second-order valence-corrected chi connectivity index (χ2v) is 14.1. The molecule has 0 saturated heterocycles. The van der Waals surface area contributed by atoms with Crippen LogP contribution in [0.3, 0.4) is 0 Å². The number of rotatable bonds is 6. The lowest BCUT2D eigenvalue weighted by molar-refractivity contribution is 0.592. The average Bonchev–Trinajstić information content (AvgIpc) is 3.32. The lowest BCUT2D eigenvalue weighted by Gasteiger charge is -2.32. The smallest absolute Gasteiger partial charge is 0.0278 e. The fraction of sp³-hybridized carbons (Fsp3) is 0.121. The van der Waals surface area contributed by atoms with Gasteiger partial charge in [0.05, 0.1) is 0 Å². The van der Waals surface area contributed by atoms with Crippen LogP contribution in [-0.4, -0.2) is 0 Å². The van der Waals surface area contributed by atoms with Gasteiger partial charge in [-0.1, -0.05) is 163 Å². The van der Waals surface area contributed by atoms with E-state index in [0.717, 1.165) is 0 Å². The van der Waals surface area contributed by atoms with Crippen molar-refractivity contribution in [2.75, 3.05) is 0 Å². The second-order valence-electron chi connectivity index (χ2n) is 9.78. The Morgan fingerprint density at radius 3 is 0.914 bits per heavy atom. The fourth-order valence-corrected chi connectivity index (χ4v) is 9.75. The molecule has 0 amide bonds. The standard InChI is InChI=1S/C33H31P2/c1-33(2,3)26-24-31(34(27-16-8-4-9-17-27)28-18-10-5-11-19-28)32(25-26)35(29-20-12-6-13-21-29)30-22-14-7-15-23-30/h4-25H,1-3H3/q-1. The topological polar surface area (TPSA) is 0 Å². The van der Waals surface area contributed by atoms with Gasteiger partial charge in [-0.15, -0.1) is 0 Å². The SMILES string of the molecule is CC(C)(C)[c-]1cc(P(c2ccccc2)c2ccccc2)c(P(c2ccccc2)c2ccccc2)c1. The van der Waals surface area contributed by atoms with Crippen LogP contribution in [0.15, 0.2) is 133 Å². The Kier molecular flexibility index (Phi) is 7.06. The van der Waals surface area contributed by atoms with Crippen LogP contribution in [0.25, 0.3) is 0 Å². The molecule has 35 heavy (non-hydrogen) atoms. The number of hydrogen-bond donors (Lipinski definition) is 0. The molecule has 0 nitrogen and oxygen atoms in total. The molecule has 0 heterocycles. The van der Waals surface area contributed by atoms with E-state index in [1.807, 2.05) is 0 Å². The maximum absolute atomic E-state index is 2.52. The van der Waals surface area contributed by atoms with E-state index in [0.29, 0.717) is 0 Å². The number of hydrogen-bond acceptors (Lipinski definition) is 0. The van der Waals surface area contributed by atoms with E-state index in [2.05, 4.69) is 154 Å². The molecule has 0 bridgehead atoms. The Hall–Kier alpha value is -2.91. The average molecular weight is 490 g/mol. The van der Waals surface area contributed by atoms with Gasteiger partial charge in [-0.05, 0) is 21.2 Å². The van der Waals surface area contributed by atoms with Crippen molar-refractivity contribution in [1.82, 2.24) is 0 Å². The van der Waals surface area contributed by atoms with Gasteiger partial charge in [-0.2, -0.15) is 28.3 Å². The Labute approximate surface area is 212 Å². The largest absolute Gasteiger partial charge is 0.171 e. The van der Waals surface area contributed by atoms with Crippen LogP contribution in [0.2, 0.25) is 0 Å². The monoisotopic (exact) mass is 489 g/mol. The van der Waals surface area contributed by atoms with Gasteiger partial charge in [-0.25, -0.2) is 0 Å².